The lowest BCUT2D eigenvalue weighted by molar-refractivity contribution is -0.108. The Bertz CT molecular complexity index is 1260. The predicted molar refractivity (Wildman–Crippen MR) is 128 cm³/mol. The fourth-order valence-electron chi connectivity index (χ4n) is 4.30. The Kier molecular flexibility index (Phi) is 5.46. The molecule has 0 radical (unpaired) electrons. The summed E-state index contributed by atoms with van der Waals surface area (Å²) >= 11 is 1.66. The van der Waals surface area contributed by atoms with Gasteiger partial charge >= 0.3 is 0 Å². The highest BCUT2D eigenvalue weighted by atomic mass is 32.1. The number of anilines is 1. The van der Waals surface area contributed by atoms with Crippen molar-refractivity contribution in [3.63, 3.8) is 0 Å². The Labute approximate surface area is 191 Å². The molecule has 0 bridgehead atoms. The maximum absolute atomic E-state index is 11.1. The molecule has 5 rings (SSSR count). The second-order valence-corrected chi connectivity index (χ2v) is 9.60. The number of hydrogen-bond acceptors (Lipinski definition) is 7. The number of aldehydes is 1. The van der Waals surface area contributed by atoms with E-state index in [1.165, 1.54) is 0 Å². The molecule has 32 heavy (non-hydrogen) atoms. The van der Waals surface area contributed by atoms with E-state index in [9.17, 15) is 4.79 Å². The van der Waals surface area contributed by atoms with Crippen molar-refractivity contribution in [1.29, 1.82) is 0 Å². The van der Waals surface area contributed by atoms with Crippen LogP contribution in [0, 0.1) is 12.8 Å². The van der Waals surface area contributed by atoms with Gasteiger partial charge in [-0.05, 0) is 56.9 Å². The minimum atomic E-state index is 0.309. The number of pyridine rings is 1. The summed E-state index contributed by atoms with van der Waals surface area (Å²) in [6.45, 7) is 8.10. The van der Waals surface area contributed by atoms with Crippen LogP contribution in [0.1, 0.15) is 38.3 Å². The zero-order valence-corrected chi connectivity index (χ0v) is 19.3. The van der Waals surface area contributed by atoms with Crippen LogP contribution in [0.2, 0.25) is 0 Å². The van der Waals surface area contributed by atoms with Gasteiger partial charge in [0.15, 0.2) is 5.82 Å². The highest BCUT2D eigenvalue weighted by Gasteiger charge is 2.28. The number of rotatable bonds is 6. The second kappa shape index (κ2) is 8.43. The van der Waals surface area contributed by atoms with Crippen molar-refractivity contribution in [3.05, 3.63) is 42.2 Å². The molecule has 1 aliphatic heterocycles. The molecule has 4 aromatic heterocycles. The maximum atomic E-state index is 11.1. The molecule has 1 atom stereocenters. The number of nitrogens with zero attached hydrogens (tertiary/aromatic N) is 6. The zero-order chi connectivity index (χ0) is 22.2. The normalized spacial score (nSPS) is 16.4. The molecule has 1 unspecified atom stereocenters. The second-order valence-electron chi connectivity index (χ2n) is 8.60. The first-order valence-corrected chi connectivity index (χ1v) is 11.8. The Morgan fingerprint density at radius 3 is 2.81 bits per heavy atom. The van der Waals surface area contributed by atoms with E-state index in [0.29, 0.717) is 24.2 Å². The number of carbonyl (C=O) groups is 1. The number of hydrogen-bond donors (Lipinski definition) is 0. The Balaban J connectivity index is 1.67. The molecule has 164 valence electrons. The van der Waals surface area contributed by atoms with E-state index >= 15 is 0 Å². The summed E-state index contributed by atoms with van der Waals surface area (Å²) in [6.07, 6.45) is 6.42. The molecule has 0 aliphatic carbocycles. The SMILES string of the molecule is Cc1c(-c2ccn(C(C)C)n2)sc2nc(-c3ccccn3)nc(N3CCC(CC=O)C3)c12. The highest BCUT2D eigenvalue weighted by molar-refractivity contribution is 7.22. The topological polar surface area (TPSA) is 76.8 Å². The van der Waals surface area contributed by atoms with E-state index in [1.807, 2.05) is 29.1 Å². The van der Waals surface area contributed by atoms with Crippen molar-refractivity contribution < 1.29 is 4.79 Å². The zero-order valence-electron chi connectivity index (χ0n) is 18.5. The lowest BCUT2D eigenvalue weighted by atomic mass is 10.1. The number of aryl methyl sites for hydroxylation is 1. The lowest BCUT2D eigenvalue weighted by Crippen LogP contribution is -2.21. The Hall–Kier alpha value is -3.13. The van der Waals surface area contributed by atoms with Crippen molar-refractivity contribution in [2.24, 2.45) is 5.92 Å². The summed E-state index contributed by atoms with van der Waals surface area (Å²) in [6, 6.07) is 8.17. The van der Waals surface area contributed by atoms with Gasteiger partial charge < -0.3 is 9.69 Å². The summed E-state index contributed by atoms with van der Waals surface area (Å²) < 4.78 is 1.98. The van der Waals surface area contributed by atoms with Gasteiger partial charge in [-0.15, -0.1) is 11.3 Å². The summed E-state index contributed by atoms with van der Waals surface area (Å²) in [4.78, 5) is 29.8. The first kappa shape index (κ1) is 20.8. The van der Waals surface area contributed by atoms with E-state index in [0.717, 1.165) is 63.7 Å². The first-order valence-electron chi connectivity index (χ1n) is 11.0. The third-order valence-electron chi connectivity index (χ3n) is 6.05. The molecule has 1 aliphatic rings. The van der Waals surface area contributed by atoms with Crippen molar-refractivity contribution >= 4 is 33.7 Å². The van der Waals surface area contributed by atoms with Crippen LogP contribution in [-0.4, -0.2) is 44.1 Å². The molecule has 8 heteroatoms. The van der Waals surface area contributed by atoms with Crippen LogP contribution in [0.5, 0.6) is 0 Å². The maximum Gasteiger partial charge on any atom is 0.181 e. The first-order chi connectivity index (χ1) is 15.5. The molecule has 0 saturated carbocycles. The van der Waals surface area contributed by atoms with Gasteiger partial charge in [0.05, 0.1) is 10.3 Å². The van der Waals surface area contributed by atoms with Gasteiger partial charge in [-0.2, -0.15) is 5.10 Å². The summed E-state index contributed by atoms with van der Waals surface area (Å²) in [5, 5.41) is 5.87. The minimum Gasteiger partial charge on any atom is -0.356 e. The molecule has 0 aromatic carbocycles. The summed E-state index contributed by atoms with van der Waals surface area (Å²) in [5.74, 6) is 1.94. The van der Waals surface area contributed by atoms with Gasteiger partial charge in [-0.3, -0.25) is 9.67 Å². The van der Waals surface area contributed by atoms with E-state index in [4.69, 9.17) is 15.1 Å². The lowest BCUT2D eigenvalue weighted by Gasteiger charge is -2.19. The molecular weight excluding hydrogens is 420 g/mol. The van der Waals surface area contributed by atoms with Crippen LogP contribution in [-0.2, 0) is 4.79 Å². The molecule has 4 aromatic rings. The van der Waals surface area contributed by atoms with E-state index in [1.54, 1.807) is 17.5 Å². The number of aromatic nitrogens is 5. The van der Waals surface area contributed by atoms with E-state index in [2.05, 4.69) is 36.7 Å². The van der Waals surface area contributed by atoms with Crippen molar-refractivity contribution in [1.82, 2.24) is 24.7 Å². The summed E-state index contributed by atoms with van der Waals surface area (Å²) in [7, 11) is 0. The van der Waals surface area contributed by atoms with Gasteiger partial charge in [0.2, 0.25) is 0 Å². The van der Waals surface area contributed by atoms with Crippen LogP contribution < -0.4 is 4.90 Å². The van der Waals surface area contributed by atoms with Crippen LogP contribution >= 0.6 is 11.3 Å². The molecule has 1 fully saturated rings. The molecule has 0 spiro atoms. The predicted octanol–water partition coefficient (Wildman–Crippen LogP) is 4.92. The molecular formula is C24H26N6OS. The standard InChI is InChI=1S/C24H26N6OS/c1-15(2)30-12-8-18(28-30)21-16(3)20-23(29-11-7-17(14-29)9-13-31)26-22(27-24(20)32-21)19-6-4-5-10-25-19/h4-6,8,10,12-13,15,17H,7,9,11,14H2,1-3H3. The van der Waals surface area contributed by atoms with Crippen LogP contribution in [0.4, 0.5) is 5.82 Å². The Morgan fingerprint density at radius 1 is 1.22 bits per heavy atom. The quantitative estimate of drug-likeness (QED) is 0.391. The minimum absolute atomic E-state index is 0.309. The number of carbonyl (C=O) groups excluding carboxylic acids is 1. The van der Waals surface area contributed by atoms with Crippen molar-refractivity contribution in [3.8, 4) is 22.1 Å². The third kappa shape index (κ3) is 3.68. The van der Waals surface area contributed by atoms with Gasteiger partial charge in [0.1, 0.15) is 28.3 Å². The molecule has 0 amide bonds. The number of thiophene rings is 1. The molecule has 5 heterocycles. The fraction of sp³-hybridized carbons (Fsp3) is 0.375. The van der Waals surface area contributed by atoms with Gasteiger partial charge in [0.25, 0.3) is 0 Å². The molecule has 7 nitrogen and oxygen atoms in total. The monoisotopic (exact) mass is 446 g/mol. The largest absolute Gasteiger partial charge is 0.356 e. The van der Waals surface area contributed by atoms with Crippen molar-refractivity contribution in [2.75, 3.05) is 18.0 Å². The van der Waals surface area contributed by atoms with Gasteiger partial charge in [-0.1, -0.05) is 6.07 Å². The van der Waals surface area contributed by atoms with E-state index < -0.39 is 0 Å². The van der Waals surface area contributed by atoms with Gasteiger partial charge in [0, 0.05) is 37.9 Å². The van der Waals surface area contributed by atoms with Gasteiger partial charge in [-0.25, -0.2) is 9.97 Å². The number of fused-ring (bicyclic) bond motifs is 1. The van der Waals surface area contributed by atoms with E-state index in [-0.39, 0.29) is 0 Å². The third-order valence-corrected chi connectivity index (χ3v) is 7.26. The van der Waals surface area contributed by atoms with Crippen LogP contribution in [0.15, 0.2) is 36.7 Å². The molecule has 1 saturated heterocycles. The highest BCUT2D eigenvalue weighted by Crippen LogP contribution is 2.42. The summed E-state index contributed by atoms with van der Waals surface area (Å²) in [5.41, 5.74) is 2.88. The van der Waals surface area contributed by atoms with Crippen LogP contribution in [0.25, 0.3) is 32.3 Å². The average Bonchev–Trinajstić information content (AvgIpc) is 3.53. The Morgan fingerprint density at radius 2 is 2.09 bits per heavy atom. The average molecular weight is 447 g/mol. The fourth-order valence-corrected chi connectivity index (χ4v) is 5.44. The molecule has 0 N–H and O–H groups in total. The smallest absolute Gasteiger partial charge is 0.181 e. The van der Waals surface area contributed by atoms with Crippen LogP contribution in [0.3, 0.4) is 0 Å². The van der Waals surface area contributed by atoms with Crippen molar-refractivity contribution in [2.45, 2.75) is 39.7 Å².